The van der Waals surface area contributed by atoms with E-state index in [0.29, 0.717) is 6.54 Å². The molecule has 7 amide bonds. The molecular weight excluding hydrogens is 494 g/mol. The van der Waals surface area contributed by atoms with Gasteiger partial charge in [-0.25, -0.2) is 0 Å². The Hall–Kier alpha value is -3.79. The monoisotopic (exact) mass is 531 g/mol. The van der Waals surface area contributed by atoms with Crippen molar-refractivity contribution in [2.24, 2.45) is 0 Å². The van der Waals surface area contributed by atoms with Crippen molar-refractivity contribution in [1.29, 1.82) is 0 Å². The third-order valence-corrected chi connectivity index (χ3v) is 4.58. The highest BCUT2D eigenvalue weighted by Gasteiger charge is 2.23. The summed E-state index contributed by atoms with van der Waals surface area (Å²) in [4.78, 5) is 82.5. The number of rotatable bonds is 18. The number of unbranched alkanes of at least 4 members (excludes halogenated alkanes) is 1. The van der Waals surface area contributed by atoms with E-state index in [4.69, 9.17) is 0 Å². The van der Waals surface area contributed by atoms with Crippen LogP contribution in [-0.2, 0) is 33.6 Å². The summed E-state index contributed by atoms with van der Waals surface area (Å²) < 4.78 is 0. The van der Waals surface area contributed by atoms with Crippen LogP contribution < -0.4 is 37.2 Å². The van der Waals surface area contributed by atoms with Crippen molar-refractivity contribution in [3.05, 3.63) is 0 Å². The summed E-state index contributed by atoms with van der Waals surface area (Å²) in [6.45, 7) is 0.571. The maximum absolute atomic E-state index is 12.1. The van der Waals surface area contributed by atoms with E-state index in [-0.39, 0.29) is 24.8 Å². The maximum atomic E-state index is 12.1. The molecule has 0 radical (unpaired) electrons. The van der Waals surface area contributed by atoms with Gasteiger partial charge in [0, 0.05) is 13.0 Å². The Balaban J connectivity index is 4.44. The van der Waals surface area contributed by atoms with Crippen LogP contribution in [0.5, 0.6) is 0 Å². The summed E-state index contributed by atoms with van der Waals surface area (Å²) in [5.74, 6) is -4.85. The van der Waals surface area contributed by atoms with E-state index < -0.39 is 74.5 Å². The first-order valence-corrected chi connectivity index (χ1v) is 11.7. The third-order valence-electron chi connectivity index (χ3n) is 4.58. The quantitative estimate of drug-likeness (QED) is 0.0766. The van der Waals surface area contributed by atoms with Crippen molar-refractivity contribution in [2.75, 3.05) is 45.9 Å². The van der Waals surface area contributed by atoms with Gasteiger partial charge in [0.15, 0.2) is 0 Å². The highest BCUT2D eigenvalue weighted by Crippen LogP contribution is 1.87. The summed E-state index contributed by atoms with van der Waals surface area (Å²) in [5, 5.41) is 34.6. The van der Waals surface area contributed by atoms with Crippen LogP contribution >= 0.6 is 0 Å². The highest BCUT2D eigenvalue weighted by molar-refractivity contribution is 5.94. The number of aliphatic hydroxyl groups excluding tert-OH is 2. The van der Waals surface area contributed by atoms with Crippen LogP contribution in [0.15, 0.2) is 0 Å². The fourth-order valence-corrected chi connectivity index (χ4v) is 2.47. The number of carbonyl (C=O) groups excluding carboxylic acids is 7. The molecule has 0 heterocycles. The summed E-state index contributed by atoms with van der Waals surface area (Å²) in [6.07, 6.45) is 1.85. The molecule has 0 fully saturated rings. The molecule has 0 aliphatic carbocycles. The number of hydrogen-bond acceptors (Lipinski definition) is 9. The van der Waals surface area contributed by atoms with Gasteiger partial charge in [-0.3, -0.25) is 33.6 Å². The summed E-state index contributed by atoms with van der Waals surface area (Å²) >= 11 is 0. The van der Waals surface area contributed by atoms with Gasteiger partial charge in [-0.15, -0.1) is 0 Å². The molecule has 9 N–H and O–H groups in total. The van der Waals surface area contributed by atoms with Gasteiger partial charge < -0.3 is 47.4 Å². The Labute approximate surface area is 214 Å². The lowest BCUT2D eigenvalue weighted by Gasteiger charge is -2.18. The first-order valence-electron chi connectivity index (χ1n) is 11.7. The minimum Gasteiger partial charge on any atom is -0.394 e. The molecule has 16 heteroatoms. The molecule has 210 valence electrons. The molecule has 0 bridgehead atoms. The van der Waals surface area contributed by atoms with Crippen LogP contribution in [0.3, 0.4) is 0 Å². The van der Waals surface area contributed by atoms with Gasteiger partial charge in [0.2, 0.25) is 41.4 Å². The average Bonchev–Trinajstić information content (AvgIpc) is 2.89. The van der Waals surface area contributed by atoms with Gasteiger partial charge in [0.1, 0.15) is 12.1 Å². The van der Waals surface area contributed by atoms with Crippen LogP contribution in [0.4, 0.5) is 0 Å². The Bertz CT molecular complexity index is 807. The van der Waals surface area contributed by atoms with E-state index in [1.54, 1.807) is 6.92 Å². The molecule has 0 saturated heterocycles. The lowest BCUT2D eigenvalue weighted by molar-refractivity contribution is -0.133. The standard InChI is InChI=1S/C21H37N7O9/c1-3-5-6-22-16(32)7-24-17(33)8-25-20(36)13(11-29)28-19(35)10-26-21(37)14(12-30)27-18(34)9-23-15(31)4-2/h13-14,29-30H,3-12H2,1-2H3,(H,22,32)(H,23,31)(H,24,33)(H,25,36)(H,26,37)(H,27,34)(H,28,35). The van der Waals surface area contributed by atoms with Crippen molar-refractivity contribution >= 4 is 41.4 Å². The zero-order valence-corrected chi connectivity index (χ0v) is 21.0. The normalized spacial score (nSPS) is 11.8. The molecule has 0 rings (SSSR count). The van der Waals surface area contributed by atoms with Crippen LogP contribution in [0, 0.1) is 0 Å². The maximum Gasteiger partial charge on any atom is 0.245 e. The Morgan fingerprint density at radius 1 is 0.568 bits per heavy atom. The third kappa shape index (κ3) is 15.7. The number of nitrogens with one attached hydrogen (secondary N) is 7. The summed E-state index contributed by atoms with van der Waals surface area (Å²) in [6, 6.07) is -2.84. The van der Waals surface area contributed by atoms with Crippen molar-refractivity contribution < 1.29 is 43.8 Å². The second kappa shape index (κ2) is 19.4. The van der Waals surface area contributed by atoms with E-state index in [1.807, 2.05) is 6.92 Å². The van der Waals surface area contributed by atoms with E-state index >= 15 is 0 Å². The van der Waals surface area contributed by atoms with Gasteiger partial charge in [0.05, 0.1) is 39.4 Å². The largest absolute Gasteiger partial charge is 0.394 e. The van der Waals surface area contributed by atoms with Crippen LogP contribution in [0.25, 0.3) is 0 Å². The van der Waals surface area contributed by atoms with Gasteiger partial charge in [-0.05, 0) is 6.42 Å². The van der Waals surface area contributed by atoms with Crippen molar-refractivity contribution in [2.45, 2.75) is 45.2 Å². The molecule has 37 heavy (non-hydrogen) atoms. The predicted octanol–water partition coefficient (Wildman–Crippen LogP) is -5.27. The molecule has 0 aliphatic heterocycles. The number of hydrogen-bond donors (Lipinski definition) is 9. The van der Waals surface area contributed by atoms with Gasteiger partial charge in [0.25, 0.3) is 0 Å². The second-order valence-corrected chi connectivity index (χ2v) is 7.65. The predicted molar refractivity (Wildman–Crippen MR) is 128 cm³/mol. The first-order chi connectivity index (χ1) is 17.6. The molecule has 0 aliphatic rings. The fraction of sp³-hybridized carbons (Fsp3) is 0.667. The van der Waals surface area contributed by atoms with E-state index in [1.165, 1.54) is 0 Å². The lowest BCUT2D eigenvalue weighted by atomic mass is 10.2. The van der Waals surface area contributed by atoms with E-state index in [9.17, 15) is 43.8 Å². The zero-order chi connectivity index (χ0) is 28.2. The molecule has 16 nitrogen and oxygen atoms in total. The van der Waals surface area contributed by atoms with Crippen molar-refractivity contribution in [1.82, 2.24) is 37.2 Å². The minimum atomic E-state index is -1.44. The average molecular weight is 532 g/mol. The molecule has 0 aromatic heterocycles. The van der Waals surface area contributed by atoms with E-state index in [0.717, 1.165) is 12.8 Å². The Morgan fingerprint density at radius 3 is 1.43 bits per heavy atom. The minimum absolute atomic E-state index is 0.157. The van der Waals surface area contributed by atoms with E-state index in [2.05, 4.69) is 37.2 Å². The number of aliphatic hydroxyl groups is 2. The smallest absolute Gasteiger partial charge is 0.245 e. The van der Waals surface area contributed by atoms with Crippen molar-refractivity contribution in [3.8, 4) is 0 Å². The van der Waals surface area contributed by atoms with Crippen LogP contribution in [-0.4, -0.2) is 110 Å². The SMILES string of the molecule is CCCCNC(=O)CNC(=O)CNC(=O)C(CO)NC(=O)CNC(=O)C(CO)NC(=O)CNC(=O)CC. The fourth-order valence-electron chi connectivity index (χ4n) is 2.47. The highest BCUT2D eigenvalue weighted by atomic mass is 16.3. The van der Waals surface area contributed by atoms with Gasteiger partial charge in [-0.2, -0.15) is 0 Å². The molecule has 0 saturated carbocycles. The summed E-state index contributed by atoms with van der Waals surface area (Å²) in [5.41, 5.74) is 0. The topological polar surface area (TPSA) is 244 Å². The molecule has 0 aromatic carbocycles. The number of amides is 7. The van der Waals surface area contributed by atoms with Gasteiger partial charge >= 0.3 is 0 Å². The Morgan fingerprint density at radius 2 is 0.973 bits per heavy atom. The van der Waals surface area contributed by atoms with Gasteiger partial charge in [-0.1, -0.05) is 20.3 Å². The Kier molecular flexibility index (Phi) is 17.4. The second-order valence-electron chi connectivity index (χ2n) is 7.65. The zero-order valence-electron chi connectivity index (χ0n) is 21.0. The molecule has 0 spiro atoms. The molecule has 2 atom stereocenters. The summed E-state index contributed by atoms with van der Waals surface area (Å²) in [7, 11) is 0. The van der Waals surface area contributed by atoms with Crippen LogP contribution in [0.2, 0.25) is 0 Å². The molecular formula is C21H37N7O9. The molecule has 0 aromatic rings. The van der Waals surface area contributed by atoms with Crippen LogP contribution in [0.1, 0.15) is 33.1 Å². The molecule has 2 unspecified atom stereocenters. The van der Waals surface area contributed by atoms with Crippen molar-refractivity contribution in [3.63, 3.8) is 0 Å². The number of carbonyl (C=O) groups is 7. The first kappa shape index (κ1) is 33.2. The lowest BCUT2D eigenvalue weighted by Crippen LogP contribution is -2.55.